The highest BCUT2D eigenvalue weighted by Gasteiger charge is 1.98. The second-order valence-electron chi connectivity index (χ2n) is 2.76. The lowest BCUT2D eigenvalue weighted by atomic mass is 10.3. The van der Waals surface area contributed by atoms with Gasteiger partial charge >= 0.3 is 0 Å². The van der Waals surface area contributed by atoms with Crippen LogP contribution >= 0.6 is 0 Å². The van der Waals surface area contributed by atoms with Crippen LogP contribution in [0.1, 0.15) is 20.3 Å². The van der Waals surface area contributed by atoms with E-state index in [1.807, 2.05) is 6.92 Å². The lowest BCUT2D eigenvalue weighted by Crippen LogP contribution is -2.30. The van der Waals surface area contributed by atoms with E-state index in [-0.39, 0.29) is 12.0 Å². The van der Waals surface area contributed by atoms with Crippen molar-refractivity contribution < 1.29 is 9.90 Å². The van der Waals surface area contributed by atoms with E-state index in [9.17, 15) is 4.79 Å². The van der Waals surface area contributed by atoms with Crippen molar-refractivity contribution in [1.29, 1.82) is 0 Å². The molecule has 3 N–H and O–H groups in total. The van der Waals surface area contributed by atoms with Crippen LogP contribution in [0.4, 0.5) is 0 Å². The molecule has 0 aliphatic carbocycles. The van der Waals surface area contributed by atoms with Gasteiger partial charge in [-0.05, 0) is 13.8 Å². The lowest BCUT2D eigenvalue weighted by Gasteiger charge is -2.06. The molecule has 0 aliphatic heterocycles. The third-order valence-corrected chi connectivity index (χ3v) is 1.34. The third kappa shape index (κ3) is 7.50. The van der Waals surface area contributed by atoms with E-state index >= 15 is 0 Å². The molecule has 0 rings (SSSR count). The summed E-state index contributed by atoms with van der Waals surface area (Å²) in [5, 5.41) is 14.5. The average molecular weight is 174 g/mol. The molecule has 0 fully saturated rings. The van der Waals surface area contributed by atoms with Crippen LogP contribution in [0.5, 0.6) is 0 Å². The number of amides is 1. The molecule has 1 amide bonds. The first-order valence-electron chi connectivity index (χ1n) is 4.32. The Morgan fingerprint density at radius 1 is 1.58 bits per heavy atom. The predicted molar refractivity (Wildman–Crippen MR) is 47.9 cm³/mol. The molecular formula is C8H18N2O2. The molecule has 12 heavy (non-hydrogen) atoms. The van der Waals surface area contributed by atoms with Gasteiger partial charge in [-0.15, -0.1) is 0 Å². The number of carbonyl (C=O) groups is 1. The quantitative estimate of drug-likeness (QED) is 0.475. The molecule has 0 unspecified atom stereocenters. The van der Waals surface area contributed by atoms with Gasteiger partial charge in [0.1, 0.15) is 0 Å². The Kier molecular flexibility index (Phi) is 6.70. The van der Waals surface area contributed by atoms with Crippen molar-refractivity contribution >= 4 is 5.91 Å². The van der Waals surface area contributed by atoms with Crippen LogP contribution in [0.15, 0.2) is 0 Å². The van der Waals surface area contributed by atoms with Gasteiger partial charge in [-0.3, -0.25) is 4.79 Å². The minimum Gasteiger partial charge on any atom is -0.392 e. The van der Waals surface area contributed by atoms with Crippen molar-refractivity contribution in [2.24, 2.45) is 0 Å². The van der Waals surface area contributed by atoms with Crippen LogP contribution in [-0.2, 0) is 4.79 Å². The Hall–Kier alpha value is -0.610. The van der Waals surface area contributed by atoms with Gasteiger partial charge in [0.15, 0.2) is 0 Å². The van der Waals surface area contributed by atoms with Gasteiger partial charge in [-0.2, -0.15) is 0 Å². The highest BCUT2D eigenvalue weighted by molar-refractivity contribution is 5.75. The molecule has 4 nitrogen and oxygen atoms in total. The first kappa shape index (κ1) is 11.4. The van der Waals surface area contributed by atoms with Crippen LogP contribution in [0.2, 0.25) is 0 Å². The van der Waals surface area contributed by atoms with Gasteiger partial charge in [-0.1, -0.05) is 0 Å². The number of carbonyl (C=O) groups excluding carboxylic acids is 1. The van der Waals surface area contributed by atoms with Gasteiger partial charge in [-0.25, -0.2) is 0 Å². The smallest absolute Gasteiger partial charge is 0.221 e. The molecule has 0 aliphatic rings. The number of rotatable bonds is 6. The standard InChI is InChI=1S/C8H18N2O2/c1-3-10-8(12)4-5-9-6-7(2)11/h7,9,11H,3-6H2,1-2H3,(H,10,12)/t7-/m0/s1. The number of aliphatic hydroxyl groups excluding tert-OH is 1. The van der Waals surface area contributed by atoms with Crippen LogP contribution in [-0.4, -0.2) is 36.8 Å². The molecule has 1 atom stereocenters. The zero-order valence-corrected chi connectivity index (χ0v) is 7.76. The minimum absolute atomic E-state index is 0.0515. The van der Waals surface area contributed by atoms with E-state index < -0.39 is 0 Å². The largest absolute Gasteiger partial charge is 0.392 e. The summed E-state index contributed by atoms with van der Waals surface area (Å²) >= 11 is 0. The fourth-order valence-electron chi connectivity index (χ4n) is 0.798. The van der Waals surface area contributed by atoms with Crippen molar-refractivity contribution in [2.75, 3.05) is 19.6 Å². The molecule has 0 saturated heterocycles. The molecule has 4 heteroatoms. The average Bonchev–Trinajstić information content (AvgIpc) is 1.98. The Morgan fingerprint density at radius 3 is 2.75 bits per heavy atom. The summed E-state index contributed by atoms with van der Waals surface area (Å²) in [5.41, 5.74) is 0. The van der Waals surface area contributed by atoms with Crippen molar-refractivity contribution in [3.8, 4) is 0 Å². The molecule has 0 saturated carbocycles. The minimum atomic E-state index is -0.348. The van der Waals surface area contributed by atoms with Gasteiger partial charge in [0.05, 0.1) is 6.10 Å². The summed E-state index contributed by atoms with van der Waals surface area (Å²) in [4.78, 5) is 10.9. The maximum absolute atomic E-state index is 10.9. The number of hydrogen-bond acceptors (Lipinski definition) is 3. The molecule has 0 bridgehead atoms. The Balaban J connectivity index is 3.14. The second kappa shape index (κ2) is 7.06. The molecule has 0 aromatic rings. The molecule has 72 valence electrons. The monoisotopic (exact) mass is 174 g/mol. The van der Waals surface area contributed by atoms with Crippen molar-refractivity contribution in [2.45, 2.75) is 26.4 Å². The maximum atomic E-state index is 10.9. The molecule has 0 aromatic heterocycles. The lowest BCUT2D eigenvalue weighted by molar-refractivity contribution is -0.120. The summed E-state index contributed by atoms with van der Waals surface area (Å²) in [7, 11) is 0. The SMILES string of the molecule is CCNC(=O)CCNC[C@H](C)O. The molecule has 0 spiro atoms. The fraction of sp³-hybridized carbons (Fsp3) is 0.875. The summed E-state index contributed by atoms with van der Waals surface area (Å²) < 4.78 is 0. The maximum Gasteiger partial charge on any atom is 0.221 e. The molecule has 0 radical (unpaired) electrons. The third-order valence-electron chi connectivity index (χ3n) is 1.34. The van der Waals surface area contributed by atoms with Gasteiger partial charge in [0, 0.05) is 26.1 Å². The van der Waals surface area contributed by atoms with Crippen LogP contribution in [0, 0.1) is 0 Å². The van der Waals surface area contributed by atoms with E-state index in [0.717, 1.165) is 0 Å². The Morgan fingerprint density at radius 2 is 2.25 bits per heavy atom. The topological polar surface area (TPSA) is 61.4 Å². The summed E-state index contributed by atoms with van der Waals surface area (Å²) in [6.45, 7) is 5.44. The fourth-order valence-corrected chi connectivity index (χ4v) is 0.798. The van der Waals surface area contributed by atoms with Gasteiger partial charge in [0.2, 0.25) is 5.91 Å². The summed E-state index contributed by atoms with van der Waals surface area (Å²) in [6, 6.07) is 0. The van der Waals surface area contributed by atoms with Gasteiger partial charge < -0.3 is 15.7 Å². The van der Waals surface area contributed by atoms with Crippen molar-refractivity contribution in [1.82, 2.24) is 10.6 Å². The van der Waals surface area contributed by atoms with E-state index in [0.29, 0.717) is 26.1 Å². The first-order valence-corrected chi connectivity index (χ1v) is 4.32. The predicted octanol–water partition coefficient (Wildman–Crippen LogP) is -0.517. The number of hydrogen-bond donors (Lipinski definition) is 3. The normalized spacial score (nSPS) is 12.6. The van der Waals surface area contributed by atoms with Crippen molar-refractivity contribution in [3.63, 3.8) is 0 Å². The molecular weight excluding hydrogens is 156 g/mol. The van der Waals surface area contributed by atoms with Crippen LogP contribution in [0.25, 0.3) is 0 Å². The van der Waals surface area contributed by atoms with Crippen molar-refractivity contribution in [3.05, 3.63) is 0 Å². The Bertz CT molecular complexity index is 126. The summed E-state index contributed by atoms with van der Waals surface area (Å²) in [5.74, 6) is 0.0515. The molecule has 0 heterocycles. The van der Waals surface area contributed by atoms with Crippen LogP contribution < -0.4 is 10.6 Å². The van der Waals surface area contributed by atoms with Crippen LogP contribution in [0.3, 0.4) is 0 Å². The van der Waals surface area contributed by atoms with E-state index in [2.05, 4.69) is 10.6 Å². The molecule has 0 aromatic carbocycles. The number of nitrogens with one attached hydrogen (secondary N) is 2. The van der Waals surface area contributed by atoms with E-state index in [4.69, 9.17) is 5.11 Å². The number of aliphatic hydroxyl groups is 1. The first-order chi connectivity index (χ1) is 5.66. The van der Waals surface area contributed by atoms with Gasteiger partial charge in [0.25, 0.3) is 0 Å². The highest BCUT2D eigenvalue weighted by atomic mass is 16.3. The van der Waals surface area contributed by atoms with E-state index in [1.54, 1.807) is 6.92 Å². The highest BCUT2D eigenvalue weighted by Crippen LogP contribution is 1.78. The van der Waals surface area contributed by atoms with E-state index in [1.165, 1.54) is 0 Å². The Labute approximate surface area is 73.3 Å². The second-order valence-corrected chi connectivity index (χ2v) is 2.76. The zero-order chi connectivity index (χ0) is 9.40. The zero-order valence-electron chi connectivity index (χ0n) is 7.76. The summed E-state index contributed by atoms with van der Waals surface area (Å²) in [6.07, 6.45) is 0.125.